The monoisotopic (exact) mass is 264 g/mol. The molecule has 0 saturated carbocycles. The van der Waals surface area contributed by atoms with E-state index >= 15 is 0 Å². The molecule has 0 heterocycles. The molecule has 4 heteroatoms. The highest BCUT2D eigenvalue weighted by atomic mass is 16.3. The van der Waals surface area contributed by atoms with Crippen molar-refractivity contribution in [1.82, 2.24) is 4.90 Å². The van der Waals surface area contributed by atoms with E-state index in [0.29, 0.717) is 13.0 Å². The van der Waals surface area contributed by atoms with Crippen molar-refractivity contribution in [3.8, 4) is 0 Å². The SMILES string of the molecule is CCNc1ccc(C(=O)N(C)CCC(C)O)c(C)c1. The van der Waals surface area contributed by atoms with E-state index in [0.717, 1.165) is 23.4 Å². The summed E-state index contributed by atoms with van der Waals surface area (Å²) in [5, 5.41) is 12.5. The van der Waals surface area contributed by atoms with Gasteiger partial charge in [0.1, 0.15) is 0 Å². The molecule has 1 amide bonds. The summed E-state index contributed by atoms with van der Waals surface area (Å²) < 4.78 is 0. The zero-order valence-corrected chi connectivity index (χ0v) is 12.2. The zero-order chi connectivity index (χ0) is 14.4. The molecule has 0 aliphatic rings. The van der Waals surface area contributed by atoms with Crippen molar-refractivity contribution < 1.29 is 9.90 Å². The third kappa shape index (κ3) is 4.56. The number of anilines is 1. The lowest BCUT2D eigenvalue weighted by Crippen LogP contribution is -2.30. The highest BCUT2D eigenvalue weighted by Crippen LogP contribution is 2.16. The molecule has 0 fully saturated rings. The third-order valence-electron chi connectivity index (χ3n) is 3.07. The average molecular weight is 264 g/mol. The van der Waals surface area contributed by atoms with Crippen LogP contribution >= 0.6 is 0 Å². The van der Waals surface area contributed by atoms with Crippen LogP contribution in [0.3, 0.4) is 0 Å². The van der Waals surface area contributed by atoms with Crippen molar-refractivity contribution in [3.63, 3.8) is 0 Å². The molecule has 0 spiro atoms. The van der Waals surface area contributed by atoms with Crippen LogP contribution in [0.15, 0.2) is 18.2 Å². The normalized spacial score (nSPS) is 12.1. The van der Waals surface area contributed by atoms with Gasteiger partial charge in [-0.25, -0.2) is 0 Å². The Morgan fingerprint density at radius 1 is 1.47 bits per heavy atom. The van der Waals surface area contributed by atoms with Gasteiger partial charge in [0.2, 0.25) is 0 Å². The largest absolute Gasteiger partial charge is 0.393 e. The second kappa shape index (κ2) is 7.14. The van der Waals surface area contributed by atoms with Gasteiger partial charge in [-0.3, -0.25) is 4.79 Å². The van der Waals surface area contributed by atoms with Crippen molar-refractivity contribution in [2.75, 3.05) is 25.5 Å². The number of carbonyl (C=O) groups excluding carboxylic acids is 1. The molecule has 2 N–H and O–H groups in total. The van der Waals surface area contributed by atoms with Crippen LogP contribution in [-0.2, 0) is 0 Å². The van der Waals surface area contributed by atoms with Crippen molar-refractivity contribution in [2.45, 2.75) is 33.3 Å². The summed E-state index contributed by atoms with van der Waals surface area (Å²) in [7, 11) is 1.77. The third-order valence-corrected chi connectivity index (χ3v) is 3.07. The van der Waals surface area contributed by atoms with E-state index < -0.39 is 0 Å². The quantitative estimate of drug-likeness (QED) is 0.828. The summed E-state index contributed by atoms with van der Waals surface area (Å²) >= 11 is 0. The molecule has 1 unspecified atom stereocenters. The molecular weight excluding hydrogens is 240 g/mol. The van der Waals surface area contributed by atoms with E-state index in [4.69, 9.17) is 0 Å². The first-order valence-electron chi connectivity index (χ1n) is 6.73. The van der Waals surface area contributed by atoms with Crippen molar-refractivity contribution >= 4 is 11.6 Å². The molecule has 1 rings (SSSR count). The van der Waals surface area contributed by atoms with E-state index in [-0.39, 0.29) is 12.0 Å². The number of hydrogen-bond acceptors (Lipinski definition) is 3. The summed E-state index contributed by atoms with van der Waals surface area (Å²) in [6.07, 6.45) is 0.212. The topological polar surface area (TPSA) is 52.6 Å². The van der Waals surface area contributed by atoms with E-state index in [9.17, 15) is 9.90 Å². The van der Waals surface area contributed by atoms with Crippen LogP contribution in [0.5, 0.6) is 0 Å². The Morgan fingerprint density at radius 3 is 2.68 bits per heavy atom. The van der Waals surface area contributed by atoms with Gasteiger partial charge in [-0.05, 0) is 51.0 Å². The Kier molecular flexibility index (Phi) is 5.83. The standard InChI is InChI=1S/C15H24N2O2/c1-5-16-13-6-7-14(11(2)10-13)15(19)17(4)9-8-12(3)18/h6-7,10,12,16,18H,5,8-9H2,1-4H3. The highest BCUT2D eigenvalue weighted by Gasteiger charge is 2.14. The predicted molar refractivity (Wildman–Crippen MR) is 78.6 cm³/mol. The average Bonchev–Trinajstić information content (AvgIpc) is 2.35. The van der Waals surface area contributed by atoms with E-state index in [2.05, 4.69) is 5.32 Å². The van der Waals surface area contributed by atoms with Gasteiger partial charge in [0.25, 0.3) is 5.91 Å². The number of hydrogen-bond donors (Lipinski definition) is 2. The van der Waals surface area contributed by atoms with Crippen molar-refractivity contribution in [3.05, 3.63) is 29.3 Å². The Bertz CT molecular complexity index is 430. The molecule has 1 aromatic rings. The number of nitrogens with zero attached hydrogens (tertiary/aromatic N) is 1. The minimum absolute atomic E-state index is 0.00111. The molecule has 0 aliphatic heterocycles. The molecule has 0 aliphatic carbocycles. The maximum atomic E-state index is 12.3. The second-order valence-corrected chi connectivity index (χ2v) is 4.92. The fourth-order valence-corrected chi connectivity index (χ4v) is 1.91. The molecule has 106 valence electrons. The van der Waals surface area contributed by atoms with Crippen LogP contribution < -0.4 is 5.32 Å². The number of aliphatic hydroxyl groups excluding tert-OH is 1. The first-order chi connectivity index (χ1) is 8.95. The maximum Gasteiger partial charge on any atom is 0.253 e. The number of aryl methyl sites for hydroxylation is 1. The first-order valence-corrected chi connectivity index (χ1v) is 6.73. The molecule has 0 saturated heterocycles. The number of rotatable bonds is 6. The van der Waals surface area contributed by atoms with Crippen LogP contribution in [0.1, 0.15) is 36.2 Å². The molecule has 4 nitrogen and oxygen atoms in total. The molecular formula is C15H24N2O2. The van der Waals surface area contributed by atoms with Crippen LogP contribution in [0, 0.1) is 6.92 Å². The summed E-state index contributed by atoms with van der Waals surface area (Å²) in [6.45, 7) is 7.13. The molecule has 0 radical (unpaired) electrons. The molecule has 0 bridgehead atoms. The van der Waals surface area contributed by atoms with Gasteiger partial charge in [0.05, 0.1) is 6.10 Å². The lowest BCUT2D eigenvalue weighted by molar-refractivity contribution is 0.0768. The lowest BCUT2D eigenvalue weighted by Gasteiger charge is -2.19. The minimum Gasteiger partial charge on any atom is -0.393 e. The van der Waals surface area contributed by atoms with Gasteiger partial charge in [0, 0.05) is 31.4 Å². The van der Waals surface area contributed by atoms with Crippen LogP contribution in [0.4, 0.5) is 5.69 Å². The number of benzene rings is 1. The first kappa shape index (κ1) is 15.5. The number of nitrogens with one attached hydrogen (secondary N) is 1. The van der Waals surface area contributed by atoms with Crippen molar-refractivity contribution in [2.24, 2.45) is 0 Å². The number of aliphatic hydroxyl groups is 1. The number of carbonyl (C=O) groups is 1. The zero-order valence-electron chi connectivity index (χ0n) is 12.2. The fourth-order valence-electron chi connectivity index (χ4n) is 1.91. The van der Waals surface area contributed by atoms with Crippen LogP contribution in [0.2, 0.25) is 0 Å². The van der Waals surface area contributed by atoms with E-state index in [1.807, 2.05) is 32.0 Å². The Hall–Kier alpha value is -1.55. The summed E-state index contributed by atoms with van der Waals surface area (Å²) in [5.74, 6) is 0.00111. The van der Waals surface area contributed by atoms with Gasteiger partial charge in [-0.2, -0.15) is 0 Å². The van der Waals surface area contributed by atoms with Gasteiger partial charge in [-0.1, -0.05) is 0 Å². The van der Waals surface area contributed by atoms with Gasteiger partial charge in [0.15, 0.2) is 0 Å². The van der Waals surface area contributed by atoms with E-state index in [1.165, 1.54) is 0 Å². The Labute approximate surface area is 115 Å². The van der Waals surface area contributed by atoms with Gasteiger partial charge in [-0.15, -0.1) is 0 Å². The second-order valence-electron chi connectivity index (χ2n) is 4.92. The molecule has 1 atom stereocenters. The Balaban J connectivity index is 2.76. The maximum absolute atomic E-state index is 12.3. The van der Waals surface area contributed by atoms with Gasteiger partial charge >= 0.3 is 0 Å². The molecule has 19 heavy (non-hydrogen) atoms. The summed E-state index contributed by atoms with van der Waals surface area (Å²) in [6, 6.07) is 5.76. The van der Waals surface area contributed by atoms with Crippen LogP contribution in [0.25, 0.3) is 0 Å². The highest BCUT2D eigenvalue weighted by molar-refractivity contribution is 5.95. The van der Waals surface area contributed by atoms with Crippen LogP contribution in [-0.4, -0.2) is 42.2 Å². The summed E-state index contributed by atoms with van der Waals surface area (Å²) in [4.78, 5) is 13.9. The van der Waals surface area contributed by atoms with E-state index in [1.54, 1.807) is 18.9 Å². The predicted octanol–water partition coefficient (Wildman–Crippen LogP) is 2.27. The smallest absolute Gasteiger partial charge is 0.253 e. The van der Waals surface area contributed by atoms with Crippen molar-refractivity contribution in [1.29, 1.82) is 0 Å². The molecule has 1 aromatic carbocycles. The fraction of sp³-hybridized carbons (Fsp3) is 0.533. The minimum atomic E-state index is -0.382. The lowest BCUT2D eigenvalue weighted by atomic mass is 10.1. The Morgan fingerprint density at radius 2 is 2.16 bits per heavy atom. The van der Waals surface area contributed by atoms with Gasteiger partial charge < -0.3 is 15.3 Å². The summed E-state index contributed by atoms with van der Waals surface area (Å²) in [5.41, 5.74) is 2.71. The molecule has 0 aromatic heterocycles. The number of amides is 1.